The maximum Gasteiger partial charge on any atom is 0.255 e. The van der Waals surface area contributed by atoms with Crippen molar-refractivity contribution in [3.8, 4) is 5.75 Å². The van der Waals surface area contributed by atoms with Gasteiger partial charge >= 0.3 is 0 Å². The summed E-state index contributed by atoms with van der Waals surface area (Å²) in [7, 11) is 1.71. The normalized spacial score (nSPS) is 10.4. The number of nitrogens with zero attached hydrogens (tertiary/aromatic N) is 1. The van der Waals surface area contributed by atoms with Crippen LogP contribution in [-0.2, 0) is 4.79 Å². The summed E-state index contributed by atoms with van der Waals surface area (Å²) in [6.07, 6.45) is 6.02. The zero-order chi connectivity index (χ0) is 20.4. The van der Waals surface area contributed by atoms with E-state index in [1.807, 2.05) is 12.1 Å². The lowest BCUT2D eigenvalue weighted by Gasteiger charge is -2.15. The Hall–Kier alpha value is -2.82. The SMILES string of the molecule is CCCCCCCOc1ccc(C(=O)Nc2ccc(N(C)C(C)=O)cc2)cc1. The molecule has 2 aromatic rings. The number of ether oxygens (including phenoxy) is 1. The van der Waals surface area contributed by atoms with Gasteiger partial charge in [0.25, 0.3) is 5.91 Å². The molecule has 0 aliphatic rings. The molecule has 5 nitrogen and oxygen atoms in total. The van der Waals surface area contributed by atoms with E-state index in [9.17, 15) is 9.59 Å². The lowest BCUT2D eigenvalue weighted by Crippen LogP contribution is -2.22. The number of unbranched alkanes of at least 4 members (excludes halogenated alkanes) is 4. The Morgan fingerprint density at radius 2 is 1.57 bits per heavy atom. The third-order valence-corrected chi connectivity index (χ3v) is 4.62. The number of nitrogens with one attached hydrogen (secondary N) is 1. The van der Waals surface area contributed by atoms with Gasteiger partial charge < -0.3 is 15.0 Å². The molecule has 0 unspecified atom stereocenters. The van der Waals surface area contributed by atoms with Crippen molar-refractivity contribution in [2.24, 2.45) is 0 Å². The van der Waals surface area contributed by atoms with Gasteiger partial charge in [-0.05, 0) is 55.0 Å². The minimum Gasteiger partial charge on any atom is -0.494 e. The van der Waals surface area contributed by atoms with Crippen molar-refractivity contribution in [3.05, 3.63) is 54.1 Å². The predicted octanol–water partition coefficient (Wildman–Crippen LogP) is 5.27. The van der Waals surface area contributed by atoms with E-state index in [1.165, 1.54) is 32.6 Å². The van der Waals surface area contributed by atoms with E-state index in [2.05, 4.69) is 12.2 Å². The first-order chi connectivity index (χ1) is 13.5. The number of anilines is 2. The lowest BCUT2D eigenvalue weighted by atomic mass is 10.1. The molecule has 0 saturated heterocycles. The molecule has 0 radical (unpaired) electrons. The highest BCUT2D eigenvalue weighted by atomic mass is 16.5. The molecule has 150 valence electrons. The molecule has 0 bridgehead atoms. The molecule has 1 N–H and O–H groups in total. The zero-order valence-corrected chi connectivity index (χ0v) is 17.0. The third kappa shape index (κ3) is 6.72. The number of hydrogen-bond donors (Lipinski definition) is 1. The van der Waals surface area contributed by atoms with Crippen molar-refractivity contribution >= 4 is 23.2 Å². The van der Waals surface area contributed by atoms with E-state index < -0.39 is 0 Å². The van der Waals surface area contributed by atoms with Crippen LogP contribution < -0.4 is 15.0 Å². The van der Waals surface area contributed by atoms with Crippen LogP contribution in [0.3, 0.4) is 0 Å². The van der Waals surface area contributed by atoms with Gasteiger partial charge in [0.1, 0.15) is 5.75 Å². The van der Waals surface area contributed by atoms with Crippen molar-refractivity contribution in [1.29, 1.82) is 0 Å². The van der Waals surface area contributed by atoms with Crippen molar-refractivity contribution < 1.29 is 14.3 Å². The topological polar surface area (TPSA) is 58.6 Å². The van der Waals surface area contributed by atoms with Gasteiger partial charge in [0.2, 0.25) is 5.91 Å². The number of benzene rings is 2. The molecule has 5 heteroatoms. The van der Waals surface area contributed by atoms with Gasteiger partial charge in [0, 0.05) is 30.9 Å². The molecule has 0 fully saturated rings. The average molecular weight is 383 g/mol. The van der Waals surface area contributed by atoms with Crippen molar-refractivity contribution in [1.82, 2.24) is 0 Å². The Morgan fingerprint density at radius 1 is 0.929 bits per heavy atom. The first-order valence-corrected chi connectivity index (χ1v) is 9.90. The molecule has 0 heterocycles. The van der Waals surface area contributed by atoms with Gasteiger partial charge in [-0.25, -0.2) is 0 Å². The van der Waals surface area contributed by atoms with Gasteiger partial charge in [0.05, 0.1) is 6.61 Å². The number of carbonyl (C=O) groups is 2. The highest BCUT2D eigenvalue weighted by Crippen LogP contribution is 2.19. The minimum absolute atomic E-state index is 0.0416. The van der Waals surface area contributed by atoms with E-state index in [-0.39, 0.29) is 11.8 Å². The smallest absolute Gasteiger partial charge is 0.255 e. The summed E-state index contributed by atoms with van der Waals surface area (Å²) in [4.78, 5) is 25.3. The number of hydrogen-bond acceptors (Lipinski definition) is 3. The second-order valence-electron chi connectivity index (χ2n) is 6.87. The van der Waals surface area contributed by atoms with Crippen LogP contribution in [-0.4, -0.2) is 25.5 Å². The van der Waals surface area contributed by atoms with E-state index in [0.717, 1.165) is 17.9 Å². The summed E-state index contributed by atoms with van der Waals surface area (Å²) in [5.41, 5.74) is 2.03. The summed E-state index contributed by atoms with van der Waals surface area (Å²) in [5, 5.41) is 2.86. The predicted molar refractivity (Wildman–Crippen MR) is 114 cm³/mol. The molecule has 0 aliphatic carbocycles. The van der Waals surface area contributed by atoms with Gasteiger partial charge in [-0.3, -0.25) is 9.59 Å². The maximum absolute atomic E-state index is 12.4. The summed E-state index contributed by atoms with van der Waals surface area (Å²) in [6.45, 7) is 4.42. The fraction of sp³-hybridized carbons (Fsp3) is 0.391. The molecule has 0 aromatic heterocycles. The molecule has 28 heavy (non-hydrogen) atoms. The van der Waals surface area contributed by atoms with Crippen LogP contribution >= 0.6 is 0 Å². The van der Waals surface area contributed by atoms with Crippen LogP contribution in [0.25, 0.3) is 0 Å². The Kier molecular flexibility index (Phi) is 8.53. The van der Waals surface area contributed by atoms with Gasteiger partial charge in [-0.2, -0.15) is 0 Å². The fourth-order valence-electron chi connectivity index (χ4n) is 2.75. The number of carbonyl (C=O) groups excluding carboxylic acids is 2. The summed E-state index contributed by atoms with van der Waals surface area (Å²) < 4.78 is 5.73. The quantitative estimate of drug-likeness (QED) is 0.569. The first kappa shape index (κ1) is 21.5. The number of rotatable bonds is 10. The average Bonchev–Trinajstić information content (AvgIpc) is 2.71. The third-order valence-electron chi connectivity index (χ3n) is 4.62. The van der Waals surface area contributed by atoms with E-state index >= 15 is 0 Å². The Bertz CT molecular complexity index is 754. The minimum atomic E-state index is -0.182. The van der Waals surface area contributed by atoms with E-state index in [0.29, 0.717) is 17.9 Å². The van der Waals surface area contributed by atoms with Crippen LogP contribution in [0, 0.1) is 0 Å². The molecule has 0 aliphatic heterocycles. The molecule has 0 atom stereocenters. The highest BCUT2D eigenvalue weighted by molar-refractivity contribution is 6.04. The van der Waals surface area contributed by atoms with Gasteiger partial charge in [-0.1, -0.05) is 32.6 Å². The zero-order valence-electron chi connectivity index (χ0n) is 17.0. The van der Waals surface area contributed by atoms with Gasteiger partial charge in [0.15, 0.2) is 0 Å². The van der Waals surface area contributed by atoms with Crippen molar-refractivity contribution in [2.75, 3.05) is 23.9 Å². The second kappa shape index (κ2) is 11.1. The number of amides is 2. The Balaban J connectivity index is 1.83. The van der Waals surface area contributed by atoms with E-state index in [1.54, 1.807) is 48.3 Å². The molecular weight excluding hydrogens is 352 g/mol. The van der Waals surface area contributed by atoms with Crippen molar-refractivity contribution in [3.63, 3.8) is 0 Å². The van der Waals surface area contributed by atoms with Crippen LogP contribution in [0.1, 0.15) is 56.3 Å². The molecule has 2 aromatic carbocycles. The molecule has 0 saturated carbocycles. The first-order valence-electron chi connectivity index (χ1n) is 9.90. The lowest BCUT2D eigenvalue weighted by molar-refractivity contribution is -0.116. The summed E-state index contributed by atoms with van der Waals surface area (Å²) in [6, 6.07) is 14.3. The van der Waals surface area contributed by atoms with Crippen LogP contribution in [0.5, 0.6) is 5.75 Å². The molecule has 2 amide bonds. The molecule has 0 spiro atoms. The van der Waals surface area contributed by atoms with Crippen molar-refractivity contribution in [2.45, 2.75) is 46.0 Å². The largest absolute Gasteiger partial charge is 0.494 e. The van der Waals surface area contributed by atoms with Crippen LogP contribution in [0.15, 0.2) is 48.5 Å². The standard InChI is InChI=1S/C23H30N2O3/c1-4-5-6-7-8-17-28-22-15-9-19(10-16-22)23(27)24-20-11-13-21(14-12-20)25(3)18(2)26/h9-16H,4-8,17H2,1-3H3,(H,24,27). The molecule has 2 rings (SSSR count). The van der Waals surface area contributed by atoms with Gasteiger partial charge in [-0.15, -0.1) is 0 Å². The molecular formula is C23H30N2O3. The maximum atomic E-state index is 12.4. The fourth-order valence-corrected chi connectivity index (χ4v) is 2.75. The monoisotopic (exact) mass is 382 g/mol. The summed E-state index contributed by atoms with van der Waals surface area (Å²) >= 11 is 0. The Morgan fingerprint density at radius 3 is 2.18 bits per heavy atom. The second-order valence-corrected chi connectivity index (χ2v) is 6.87. The Labute approximate surface area is 167 Å². The van der Waals surface area contributed by atoms with Crippen LogP contribution in [0.2, 0.25) is 0 Å². The summed E-state index contributed by atoms with van der Waals surface area (Å²) in [5.74, 6) is 0.558. The van der Waals surface area contributed by atoms with E-state index in [4.69, 9.17) is 4.74 Å². The highest BCUT2D eigenvalue weighted by Gasteiger charge is 2.08. The van der Waals surface area contributed by atoms with Crippen LogP contribution in [0.4, 0.5) is 11.4 Å².